The molecule has 1 fully saturated rings. The quantitative estimate of drug-likeness (QED) is 0.769. The Bertz CT molecular complexity index is 295. The molecule has 1 atom stereocenters. The predicted molar refractivity (Wildman–Crippen MR) is 58.5 cm³/mol. The highest BCUT2D eigenvalue weighted by Crippen LogP contribution is 2.15. The van der Waals surface area contributed by atoms with Crippen LogP contribution in [-0.2, 0) is 4.74 Å². The van der Waals surface area contributed by atoms with E-state index in [1.165, 1.54) is 6.42 Å². The van der Waals surface area contributed by atoms with E-state index in [9.17, 15) is 0 Å². The van der Waals surface area contributed by atoms with Gasteiger partial charge >= 0.3 is 0 Å². The fourth-order valence-corrected chi connectivity index (χ4v) is 1.63. The van der Waals surface area contributed by atoms with E-state index >= 15 is 0 Å². The lowest BCUT2D eigenvalue weighted by molar-refractivity contribution is 0.185. The zero-order chi connectivity index (χ0) is 10.5. The molecule has 5 nitrogen and oxygen atoms in total. The van der Waals surface area contributed by atoms with Gasteiger partial charge in [-0.25, -0.2) is 9.97 Å². The smallest absolute Gasteiger partial charge is 0.222 e. The SMILES string of the molecule is Nc1cnc(NCCC2CCOC2)nc1. The Morgan fingerprint density at radius 3 is 2.93 bits per heavy atom. The minimum atomic E-state index is 0.588. The largest absolute Gasteiger partial charge is 0.396 e. The Balaban J connectivity index is 1.71. The van der Waals surface area contributed by atoms with Crippen molar-refractivity contribution in [1.82, 2.24) is 9.97 Å². The minimum absolute atomic E-state index is 0.588. The summed E-state index contributed by atoms with van der Waals surface area (Å²) in [7, 11) is 0. The van der Waals surface area contributed by atoms with Crippen molar-refractivity contribution < 1.29 is 4.74 Å². The van der Waals surface area contributed by atoms with Gasteiger partial charge in [0.1, 0.15) is 0 Å². The van der Waals surface area contributed by atoms with Crippen molar-refractivity contribution in [2.24, 2.45) is 5.92 Å². The average Bonchev–Trinajstić information content (AvgIpc) is 2.74. The van der Waals surface area contributed by atoms with Crippen molar-refractivity contribution >= 4 is 11.6 Å². The summed E-state index contributed by atoms with van der Waals surface area (Å²) in [6, 6.07) is 0. The summed E-state index contributed by atoms with van der Waals surface area (Å²) in [5.41, 5.74) is 6.07. The summed E-state index contributed by atoms with van der Waals surface area (Å²) in [5, 5.41) is 3.17. The third-order valence-corrected chi connectivity index (χ3v) is 2.53. The highest BCUT2D eigenvalue weighted by molar-refractivity contribution is 5.35. The van der Waals surface area contributed by atoms with Gasteiger partial charge in [0.15, 0.2) is 0 Å². The summed E-state index contributed by atoms with van der Waals surface area (Å²) in [4.78, 5) is 8.13. The van der Waals surface area contributed by atoms with E-state index in [-0.39, 0.29) is 0 Å². The van der Waals surface area contributed by atoms with Crippen LogP contribution in [0.25, 0.3) is 0 Å². The van der Waals surface area contributed by atoms with E-state index in [0.29, 0.717) is 17.6 Å². The van der Waals surface area contributed by atoms with Gasteiger partial charge in [-0.3, -0.25) is 0 Å². The molecule has 1 aromatic heterocycles. The Morgan fingerprint density at radius 2 is 2.27 bits per heavy atom. The first-order valence-electron chi connectivity index (χ1n) is 5.24. The van der Waals surface area contributed by atoms with Crippen LogP contribution in [0.5, 0.6) is 0 Å². The fourth-order valence-electron chi connectivity index (χ4n) is 1.63. The topological polar surface area (TPSA) is 73.1 Å². The Labute approximate surface area is 89.1 Å². The second-order valence-corrected chi connectivity index (χ2v) is 3.79. The second-order valence-electron chi connectivity index (χ2n) is 3.79. The summed E-state index contributed by atoms with van der Waals surface area (Å²) in [6.45, 7) is 2.69. The maximum absolute atomic E-state index is 5.49. The zero-order valence-electron chi connectivity index (χ0n) is 8.65. The summed E-state index contributed by atoms with van der Waals surface area (Å²) < 4.78 is 5.30. The van der Waals surface area contributed by atoms with Gasteiger partial charge in [-0.1, -0.05) is 0 Å². The van der Waals surface area contributed by atoms with Crippen LogP contribution in [0.3, 0.4) is 0 Å². The first kappa shape index (κ1) is 10.2. The van der Waals surface area contributed by atoms with Crippen LogP contribution in [-0.4, -0.2) is 29.7 Å². The van der Waals surface area contributed by atoms with Gasteiger partial charge in [-0.2, -0.15) is 0 Å². The van der Waals surface area contributed by atoms with Crippen molar-refractivity contribution in [1.29, 1.82) is 0 Å². The van der Waals surface area contributed by atoms with Gasteiger partial charge in [0, 0.05) is 19.8 Å². The van der Waals surface area contributed by atoms with Crippen LogP contribution in [0.15, 0.2) is 12.4 Å². The van der Waals surface area contributed by atoms with E-state index in [1.807, 2.05) is 0 Å². The third kappa shape index (κ3) is 3.06. The molecule has 0 spiro atoms. The van der Waals surface area contributed by atoms with E-state index in [0.717, 1.165) is 26.2 Å². The van der Waals surface area contributed by atoms with Crippen LogP contribution < -0.4 is 11.1 Å². The monoisotopic (exact) mass is 208 g/mol. The van der Waals surface area contributed by atoms with Crippen molar-refractivity contribution in [3.05, 3.63) is 12.4 Å². The van der Waals surface area contributed by atoms with Crippen LogP contribution in [0, 0.1) is 5.92 Å². The molecule has 1 aromatic rings. The van der Waals surface area contributed by atoms with Crippen molar-refractivity contribution in [2.45, 2.75) is 12.8 Å². The molecule has 5 heteroatoms. The molecule has 0 saturated carbocycles. The molecule has 0 radical (unpaired) electrons. The Kier molecular flexibility index (Phi) is 3.34. The first-order valence-corrected chi connectivity index (χ1v) is 5.24. The van der Waals surface area contributed by atoms with E-state index < -0.39 is 0 Å². The molecule has 1 aliphatic heterocycles. The molecule has 0 aliphatic carbocycles. The second kappa shape index (κ2) is 4.93. The van der Waals surface area contributed by atoms with Crippen LogP contribution in [0.2, 0.25) is 0 Å². The van der Waals surface area contributed by atoms with Gasteiger partial charge in [0.05, 0.1) is 18.1 Å². The van der Waals surface area contributed by atoms with Gasteiger partial charge in [-0.05, 0) is 18.8 Å². The van der Waals surface area contributed by atoms with Crippen LogP contribution >= 0.6 is 0 Å². The number of rotatable bonds is 4. The maximum Gasteiger partial charge on any atom is 0.222 e. The Morgan fingerprint density at radius 1 is 1.47 bits per heavy atom. The van der Waals surface area contributed by atoms with Crippen molar-refractivity contribution in [2.75, 3.05) is 30.8 Å². The number of nitrogens with two attached hydrogens (primary N) is 1. The standard InChI is InChI=1S/C10H16N4O/c11-9-5-13-10(14-6-9)12-3-1-8-2-4-15-7-8/h5-6,8H,1-4,7,11H2,(H,12,13,14). The number of anilines is 2. The lowest BCUT2D eigenvalue weighted by atomic mass is 10.1. The molecular weight excluding hydrogens is 192 g/mol. The molecule has 15 heavy (non-hydrogen) atoms. The molecule has 3 N–H and O–H groups in total. The van der Waals surface area contributed by atoms with Crippen molar-refractivity contribution in [3.8, 4) is 0 Å². The summed E-state index contributed by atoms with van der Waals surface area (Å²) in [6.07, 6.45) is 5.49. The number of hydrogen-bond acceptors (Lipinski definition) is 5. The normalized spacial score (nSPS) is 20.4. The Hall–Kier alpha value is -1.36. The number of nitrogens with one attached hydrogen (secondary N) is 1. The molecule has 82 valence electrons. The molecule has 1 unspecified atom stereocenters. The lowest BCUT2D eigenvalue weighted by Crippen LogP contribution is -2.10. The molecule has 0 amide bonds. The number of nitrogen functional groups attached to an aromatic ring is 1. The lowest BCUT2D eigenvalue weighted by Gasteiger charge is -2.08. The van der Waals surface area contributed by atoms with Gasteiger partial charge in [0.2, 0.25) is 5.95 Å². The molecule has 0 bridgehead atoms. The van der Waals surface area contributed by atoms with Gasteiger partial charge < -0.3 is 15.8 Å². The van der Waals surface area contributed by atoms with E-state index in [4.69, 9.17) is 10.5 Å². The highest BCUT2D eigenvalue weighted by Gasteiger charge is 2.14. The molecule has 2 rings (SSSR count). The van der Waals surface area contributed by atoms with Gasteiger partial charge in [-0.15, -0.1) is 0 Å². The summed E-state index contributed by atoms with van der Waals surface area (Å²) >= 11 is 0. The van der Waals surface area contributed by atoms with E-state index in [1.54, 1.807) is 12.4 Å². The van der Waals surface area contributed by atoms with Crippen molar-refractivity contribution in [3.63, 3.8) is 0 Å². The number of ether oxygens (including phenoxy) is 1. The number of aromatic nitrogens is 2. The zero-order valence-corrected chi connectivity index (χ0v) is 8.65. The summed E-state index contributed by atoms with van der Waals surface area (Å²) in [5.74, 6) is 1.33. The minimum Gasteiger partial charge on any atom is -0.396 e. The molecule has 2 heterocycles. The van der Waals surface area contributed by atoms with E-state index in [2.05, 4.69) is 15.3 Å². The number of nitrogens with zero attached hydrogens (tertiary/aromatic N) is 2. The van der Waals surface area contributed by atoms with Crippen LogP contribution in [0.1, 0.15) is 12.8 Å². The molecule has 1 saturated heterocycles. The third-order valence-electron chi connectivity index (χ3n) is 2.53. The molecular formula is C10H16N4O. The fraction of sp³-hybridized carbons (Fsp3) is 0.600. The average molecular weight is 208 g/mol. The molecule has 1 aliphatic rings. The predicted octanol–water partition coefficient (Wildman–Crippen LogP) is 0.897. The highest BCUT2D eigenvalue weighted by atomic mass is 16.5. The first-order chi connectivity index (χ1) is 7.34. The number of hydrogen-bond donors (Lipinski definition) is 2. The van der Waals surface area contributed by atoms with Gasteiger partial charge in [0.25, 0.3) is 0 Å². The molecule has 0 aromatic carbocycles. The van der Waals surface area contributed by atoms with Crippen LogP contribution in [0.4, 0.5) is 11.6 Å². The maximum atomic E-state index is 5.49.